The highest BCUT2D eigenvalue weighted by atomic mass is 32.2. The molecule has 0 aliphatic rings. The average Bonchev–Trinajstić information content (AvgIpc) is 2.95. The molecule has 1 atom stereocenters. The highest BCUT2D eigenvalue weighted by Crippen LogP contribution is 2.35. The minimum Gasteiger partial charge on any atom is -0.487 e. The number of ether oxygens (including phenoxy) is 1. The van der Waals surface area contributed by atoms with E-state index in [-0.39, 0.29) is 6.61 Å². The molecule has 1 heterocycles. The van der Waals surface area contributed by atoms with Crippen LogP contribution in [-0.2, 0) is 11.4 Å². The third-order valence-corrected chi connectivity index (χ3v) is 7.17. The van der Waals surface area contributed by atoms with Crippen molar-refractivity contribution in [1.82, 2.24) is 10.3 Å². The Bertz CT molecular complexity index is 1440. The van der Waals surface area contributed by atoms with Crippen LogP contribution in [0.2, 0.25) is 0 Å². The van der Waals surface area contributed by atoms with Crippen LogP contribution in [0.4, 0.5) is 0 Å². The molecule has 0 bridgehead atoms. The fourth-order valence-electron chi connectivity index (χ4n) is 4.37. The van der Waals surface area contributed by atoms with Gasteiger partial charge < -0.3 is 15.2 Å². The van der Waals surface area contributed by atoms with Gasteiger partial charge in [-0.2, -0.15) is 11.8 Å². The van der Waals surface area contributed by atoms with Crippen molar-refractivity contribution in [3.05, 3.63) is 107 Å². The first kappa shape index (κ1) is 27.9. The van der Waals surface area contributed by atoms with Crippen molar-refractivity contribution >= 4 is 23.6 Å². The van der Waals surface area contributed by atoms with E-state index in [2.05, 4.69) is 10.3 Å². The van der Waals surface area contributed by atoms with E-state index in [1.54, 1.807) is 24.2 Å². The predicted octanol–water partition coefficient (Wildman–Crippen LogP) is 6.55. The molecule has 4 rings (SSSR count). The van der Waals surface area contributed by atoms with Crippen LogP contribution in [0.5, 0.6) is 5.75 Å². The van der Waals surface area contributed by atoms with Gasteiger partial charge in [-0.3, -0.25) is 9.78 Å². The highest BCUT2D eigenvalue weighted by molar-refractivity contribution is 7.98. The number of hydrogen-bond donors (Lipinski definition) is 2. The van der Waals surface area contributed by atoms with E-state index >= 15 is 0 Å². The molecular weight excluding hydrogens is 508 g/mol. The maximum Gasteiger partial charge on any atom is 0.326 e. The summed E-state index contributed by atoms with van der Waals surface area (Å²) in [6.07, 6.45) is 5.61. The molecule has 2 N–H and O–H groups in total. The molecule has 0 saturated heterocycles. The summed E-state index contributed by atoms with van der Waals surface area (Å²) in [5.74, 6) is -0.198. The Morgan fingerprint density at radius 3 is 2.41 bits per heavy atom. The SMILES string of the molecule is CSCC[C@H](NC(=O)c1cc(-c2ccc(C)cc2)c(COc2cccnc2)cc1-c1ccccc1C)C(=O)O. The van der Waals surface area contributed by atoms with Gasteiger partial charge in [-0.15, -0.1) is 0 Å². The van der Waals surface area contributed by atoms with Gasteiger partial charge in [-0.1, -0.05) is 54.1 Å². The molecule has 39 heavy (non-hydrogen) atoms. The first-order valence-electron chi connectivity index (χ1n) is 12.7. The number of rotatable bonds is 11. The summed E-state index contributed by atoms with van der Waals surface area (Å²) in [7, 11) is 0. The van der Waals surface area contributed by atoms with Crippen molar-refractivity contribution in [3.63, 3.8) is 0 Å². The zero-order valence-electron chi connectivity index (χ0n) is 22.3. The molecule has 1 aromatic heterocycles. The van der Waals surface area contributed by atoms with Gasteiger partial charge in [0.1, 0.15) is 18.4 Å². The van der Waals surface area contributed by atoms with Crippen LogP contribution in [0.1, 0.15) is 33.5 Å². The van der Waals surface area contributed by atoms with E-state index in [1.165, 1.54) is 0 Å². The summed E-state index contributed by atoms with van der Waals surface area (Å²) in [6.45, 7) is 4.29. The lowest BCUT2D eigenvalue weighted by Crippen LogP contribution is -2.41. The van der Waals surface area contributed by atoms with Crippen molar-refractivity contribution in [2.75, 3.05) is 12.0 Å². The van der Waals surface area contributed by atoms with Crippen molar-refractivity contribution in [3.8, 4) is 28.0 Å². The minimum atomic E-state index is -1.05. The third-order valence-electron chi connectivity index (χ3n) is 6.53. The van der Waals surface area contributed by atoms with E-state index < -0.39 is 17.9 Å². The number of pyridine rings is 1. The monoisotopic (exact) mass is 540 g/mol. The molecule has 0 spiro atoms. The highest BCUT2D eigenvalue weighted by Gasteiger charge is 2.24. The number of carboxylic acids is 1. The molecule has 1 amide bonds. The number of amides is 1. The summed E-state index contributed by atoms with van der Waals surface area (Å²) < 4.78 is 6.10. The zero-order valence-corrected chi connectivity index (χ0v) is 23.1. The predicted molar refractivity (Wildman–Crippen MR) is 157 cm³/mol. The number of benzene rings is 3. The van der Waals surface area contributed by atoms with E-state index in [9.17, 15) is 14.7 Å². The quantitative estimate of drug-likeness (QED) is 0.224. The molecule has 7 heteroatoms. The van der Waals surface area contributed by atoms with Gasteiger partial charge >= 0.3 is 5.97 Å². The number of carbonyl (C=O) groups is 2. The summed E-state index contributed by atoms with van der Waals surface area (Å²) in [6, 6.07) is 22.5. The maximum atomic E-state index is 13.7. The van der Waals surface area contributed by atoms with Crippen LogP contribution in [0, 0.1) is 13.8 Å². The van der Waals surface area contributed by atoms with Crippen LogP contribution in [-0.4, -0.2) is 40.0 Å². The number of hydrogen-bond acceptors (Lipinski definition) is 5. The van der Waals surface area contributed by atoms with Crippen LogP contribution in [0.3, 0.4) is 0 Å². The minimum absolute atomic E-state index is 0.265. The molecule has 0 radical (unpaired) electrons. The standard InChI is InChI=1S/C32H32N2O4S/c1-21-10-12-23(13-11-21)27-18-29(31(35)34-30(32(36)37)14-16-39-3)28(26-9-5-4-7-22(26)2)17-24(27)20-38-25-8-6-15-33-19-25/h4-13,15,17-19,30H,14,16,20H2,1-3H3,(H,34,35)(H,36,37)/t30-/m0/s1. The molecule has 6 nitrogen and oxygen atoms in total. The van der Waals surface area contributed by atoms with Gasteiger partial charge in [-0.25, -0.2) is 4.79 Å². The average molecular weight is 541 g/mol. The van der Waals surface area contributed by atoms with Crippen LogP contribution < -0.4 is 10.1 Å². The summed E-state index contributed by atoms with van der Waals surface area (Å²) in [5.41, 5.74) is 6.85. The van der Waals surface area contributed by atoms with E-state index in [0.29, 0.717) is 23.5 Å². The largest absolute Gasteiger partial charge is 0.487 e. The first-order valence-corrected chi connectivity index (χ1v) is 14.1. The number of nitrogens with one attached hydrogen (secondary N) is 1. The van der Waals surface area contributed by atoms with Gasteiger partial charge in [0.05, 0.1) is 6.20 Å². The number of aryl methyl sites for hydroxylation is 2. The molecule has 0 unspecified atom stereocenters. The topological polar surface area (TPSA) is 88.5 Å². The maximum absolute atomic E-state index is 13.7. The zero-order chi connectivity index (χ0) is 27.8. The number of nitrogens with zero attached hydrogens (tertiary/aromatic N) is 1. The van der Waals surface area contributed by atoms with Gasteiger partial charge in [-0.05, 0) is 89.9 Å². The van der Waals surface area contributed by atoms with E-state index in [0.717, 1.165) is 38.9 Å². The summed E-state index contributed by atoms with van der Waals surface area (Å²) in [4.78, 5) is 29.8. The number of aliphatic carboxylic acids is 1. The van der Waals surface area contributed by atoms with Gasteiger partial charge in [0.15, 0.2) is 0 Å². The van der Waals surface area contributed by atoms with Gasteiger partial charge in [0.25, 0.3) is 5.91 Å². The molecule has 4 aromatic rings. The normalized spacial score (nSPS) is 11.6. The molecule has 0 saturated carbocycles. The Balaban J connectivity index is 1.86. The number of carbonyl (C=O) groups excluding carboxylic acids is 1. The number of carboxylic acid groups (broad SMARTS) is 1. The van der Waals surface area contributed by atoms with Gasteiger partial charge in [0, 0.05) is 11.8 Å². The Labute approximate surface area is 233 Å². The molecule has 3 aromatic carbocycles. The Morgan fingerprint density at radius 2 is 1.74 bits per heavy atom. The Kier molecular flexibility index (Phi) is 9.39. The lowest BCUT2D eigenvalue weighted by atomic mass is 9.88. The second-order valence-electron chi connectivity index (χ2n) is 9.36. The van der Waals surface area contributed by atoms with Crippen LogP contribution in [0.25, 0.3) is 22.3 Å². The number of aromatic nitrogens is 1. The second-order valence-corrected chi connectivity index (χ2v) is 10.3. The fourth-order valence-corrected chi connectivity index (χ4v) is 4.85. The van der Waals surface area contributed by atoms with Crippen molar-refractivity contribution in [2.24, 2.45) is 0 Å². The smallest absolute Gasteiger partial charge is 0.326 e. The lowest BCUT2D eigenvalue weighted by molar-refractivity contribution is -0.139. The van der Waals surface area contributed by atoms with Crippen molar-refractivity contribution < 1.29 is 19.4 Å². The molecule has 0 aliphatic carbocycles. The third kappa shape index (κ3) is 7.06. The van der Waals surface area contributed by atoms with Crippen LogP contribution in [0.15, 0.2) is 85.2 Å². The Morgan fingerprint density at radius 1 is 0.974 bits per heavy atom. The van der Waals surface area contributed by atoms with E-state index in [4.69, 9.17) is 4.74 Å². The second kappa shape index (κ2) is 13.1. The first-order chi connectivity index (χ1) is 18.9. The van der Waals surface area contributed by atoms with Crippen molar-refractivity contribution in [2.45, 2.75) is 32.9 Å². The molecular formula is C32H32N2O4S. The number of thioether (sulfide) groups is 1. The molecule has 0 aliphatic heterocycles. The summed E-state index contributed by atoms with van der Waals surface area (Å²) >= 11 is 1.55. The summed E-state index contributed by atoms with van der Waals surface area (Å²) in [5, 5.41) is 12.5. The lowest BCUT2D eigenvalue weighted by Gasteiger charge is -2.20. The fraction of sp³-hybridized carbons (Fsp3) is 0.219. The molecule has 200 valence electrons. The van der Waals surface area contributed by atoms with E-state index in [1.807, 2.05) is 92.9 Å². The Hall–Kier alpha value is -4.10. The van der Waals surface area contributed by atoms with Gasteiger partial charge in [0.2, 0.25) is 0 Å². The van der Waals surface area contributed by atoms with Crippen molar-refractivity contribution in [1.29, 1.82) is 0 Å². The molecule has 0 fully saturated rings. The van der Waals surface area contributed by atoms with Crippen LogP contribution >= 0.6 is 11.8 Å².